The maximum atomic E-state index is 4.26. The average molecular weight is 296 g/mol. The highest BCUT2D eigenvalue weighted by Crippen LogP contribution is 2.15. The van der Waals surface area contributed by atoms with Gasteiger partial charge in [0.15, 0.2) is 5.82 Å². The van der Waals surface area contributed by atoms with Crippen molar-refractivity contribution in [3.05, 3.63) is 45.8 Å². The Balaban J connectivity index is 2.40. The molecule has 14 heavy (non-hydrogen) atoms. The van der Waals surface area contributed by atoms with Gasteiger partial charge < -0.3 is 0 Å². The fourth-order valence-corrected chi connectivity index (χ4v) is 1.44. The number of aromatic nitrogens is 2. The number of aryl methyl sites for hydroxylation is 1. The van der Waals surface area contributed by atoms with E-state index >= 15 is 0 Å². The van der Waals surface area contributed by atoms with Crippen LogP contribution in [0.1, 0.15) is 5.56 Å². The van der Waals surface area contributed by atoms with Gasteiger partial charge in [-0.1, -0.05) is 29.8 Å². The first-order chi connectivity index (χ1) is 6.75. The van der Waals surface area contributed by atoms with Crippen LogP contribution in [0.25, 0.3) is 11.4 Å². The zero-order valence-electron chi connectivity index (χ0n) is 7.74. The minimum atomic E-state index is 0.783. The fourth-order valence-electron chi connectivity index (χ4n) is 1.16. The van der Waals surface area contributed by atoms with Gasteiger partial charge in [0.05, 0.1) is 0 Å². The molecule has 3 heteroatoms. The van der Waals surface area contributed by atoms with Crippen LogP contribution in [0.5, 0.6) is 0 Å². The Labute approximate surface area is 96.6 Å². The summed E-state index contributed by atoms with van der Waals surface area (Å²) < 4.78 is 1.05. The van der Waals surface area contributed by atoms with Crippen molar-refractivity contribution in [3.8, 4) is 11.4 Å². The standard InChI is InChI=1S/C11H9IN2/c1-8-2-4-9(5-3-8)11-13-6-10(12)7-14-11/h2-7H,1H3. The number of rotatable bonds is 1. The Morgan fingerprint density at radius 2 is 1.57 bits per heavy atom. The van der Waals surface area contributed by atoms with E-state index in [2.05, 4.69) is 51.6 Å². The maximum absolute atomic E-state index is 4.26. The van der Waals surface area contributed by atoms with Gasteiger partial charge in [-0.3, -0.25) is 0 Å². The highest BCUT2D eigenvalue weighted by atomic mass is 127. The van der Waals surface area contributed by atoms with Gasteiger partial charge in [-0.15, -0.1) is 0 Å². The van der Waals surface area contributed by atoms with Crippen LogP contribution in [0.3, 0.4) is 0 Å². The molecule has 0 bridgehead atoms. The molecule has 2 nitrogen and oxygen atoms in total. The third-order valence-corrected chi connectivity index (χ3v) is 2.49. The number of hydrogen-bond donors (Lipinski definition) is 0. The summed E-state index contributed by atoms with van der Waals surface area (Å²) in [6.45, 7) is 2.07. The van der Waals surface area contributed by atoms with E-state index in [-0.39, 0.29) is 0 Å². The molecule has 0 unspecified atom stereocenters. The molecule has 0 amide bonds. The van der Waals surface area contributed by atoms with Crippen LogP contribution in [0.4, 0.5) is 0 Å². The van der Waals surface area contributed by atoms with E-state index < -0.39 is 0 Å². The summed E-state index contributed by atoms with van der Waals surface area (Å²) in [6.07, 6.45) is 3.64. The quantitative estimate of drug-likeness (QED) is 0.756. The number of nitrogens with zero attached hydrogens (tertiary/aromatic N) is 2. The van der Waals surface area contributed by atoms with E-state index in [4.69, 9.17) is 0 Å². The molecule has 1 aromatic carbocycles. The van der Waals surface area contributed by atoms with Crippen molar-refractivity contribution in [2.45, 2.75) is 6.92 Å². The van der Waals surface area contributed by atoms with Gasteiger partial charge >= 0.3 is 0 Å². The van der Waals surface area contributed by atoms with E-state index in [1.165, 1.54) is 5.56 Å². The molecule has 0 aliphatic heterocycles. The molecular weight excluding hydrogens is 287 g/mol. The van der Waals surface area contributed by atoms with Crippen LogP contribution in [0, 0.1) is 10.5 Å². The third kappa shape index (κ3) is 2.09. The maximum Gasteiger partial charge on any atom is 0.159 e. The van der Waals surface area contributed by atoms with Crippen LogP contribution in [0.15, 0.2) is 36.7 Å². The molecule has 2 aromatic rings. The van der Waals surface area contributed by atoms with Crippen molar-refractivity contribution in [2.75, 3.05) is 0 Å². The zero-order chi connectivity index (χ0) is 9.97. The van der Waals surface area contributed by atoms with Crippen molar-refractivity contribution >= 4 is 22.6 Å². The van der Waals surface area contributed by atoms with Crippen LogP contribution >= 0.6 is 22.6 Å². The van der Waals surface area contributed by atoms with Crippen molar-refractivity contribution in [1.82, 2.24) is 9.97 Å². The van der Waals surface area contributed by atoms with E-state index in [1.54, 1.807) is 0 Å². The first-order valence-corrected chi connectivity index (χ1v) is 5.38. The largest absolute Gasteiger partial charge is 0.235 e. The minimum absolute atomic E-state index is 0.783. The molecule has 0 spiro atoms. The highest BCUT2D eigenvalue weighted by molar-refractivity contribution is 14.1. The molecule has 0 atom stereocenters. The Morgan fingerprint density at radius 3 is 2.14 bits per heavy atom. The number of hydrogen-bond acceptors (Lipinski definition) is 2. The Morgan fingerprint density at radius 1 is 1.00 bits per heavy atom. The molecule has 0 N–H and O–H groups in total. The molecular formula is C11H9IN2. The molecule has 70 valence electrons. The first-order valence-electron chi connectivity index (χ1n) is 4.30. The van der Waals surface area contributed by atoms with Crippen molar-refractivity contribution in [1.29, 1.82) is 0 Å². The Kier molecular flexibility index (Phi) is 2.77. The molecule has 0 fully saturated rings. The summed E-state index contributed by atoms with van der Waals surface area (Å²) in [5, 5.41) is 0. The summed E-state index contributed by atoms with van der Waals surface area (Å²) >= 11 is 2.20. The van der Waals surface area contributed by atoms with Crippen molar-refractivity contribution in [3.63, 3.8) is 0 Å². The lowest BCUT2D eigenvalue weighted by molar-refractivity contribution is 1.16. The summed E-state index contributed by atoms with van der Waals surface area (Å²) in [4.78, 5) is 8.52. The molecule has 2 rings (SSSR count). The summed E-state index contributed by atoms with van der Waals surface area (Å²) in [6, 6.07) is 8.21. The third-order valence-electron chi connectivity index (χ3n) is 1.93. The number of benzene rings is 1. The molecule has 1 heterocycles. The van der Waals surface area contributed by atoms with E-state index in [1.807, 2.05) is 24.5 Å². The summed E-state index contributed by atoms with van der Waals surface area (Å²) in [5.41, 5.74) is 2.31. The van der Waals surface area contributed by atoms with E-state index in [9.17, 15) is 0 Å². The van der Waals surface area contributed by atoms with Crippen LogP contribution in [-0.4, -0.2) is 9.97 Å². The topological polar surface area (TPSA) is 25.8 Å². The second-order valence-electron chi connectivity index (χ2n) is 3.09. The van der Waals surface area contributed by atoms with Crippen molar-refractivity contribution in [2.24, 2.45) is 0 Å². The smallest absolute Gasteiger partial charge is 0.159 e. The van der Waals surface area contributed by atoms with Gasteiger partial charge in [0.25, 0.3) is 0 Å². The Hall–Kier alpha value is -0.970. The van der Waals surface area contributed by atoms with Gasteiger partial charge in [-0.25, -0.2) is 9.97 Å². The molecule has 0 aliphatic rings. The lowest BCUT2D eigenvalue weighted by Gasteiger charge is -1.99. The van der Waals surface area contributed by atoms with Crippen LogP contribution in [0.2, 0.25) is 0 Å². The molecule has 0 aliphatic carbocycles. The van der Waals surface area contributed by atoms with Crippen molar-refractivity contribution < 1.29 is 0 Å². The second kappa shape index (κ2) is 4.04. The lowest BCUT2D eigenvalue weighted by atomic mass is 10.1. The first kappa shape index (κ1) is 9.58. The van der Waals surface area contributed by atoms with E-state index in [0.29, 0.717) is 0 Å². The second-order valence-corrected chi connectivity index (χ2v) is 4.34. The van der Waals surface area contributed by atoms with Crippen LogP contribution in [-0.2, 0) is 0 Å². The van der Waals surface area contributed by atoms with E-state index in [0.717, 1.165) is 15.0 Å². The van der Waals surface area contributed by atoms with Gasteiger partial charge in [-0.05, 0) is 29.5 Å². The SMILES string of the molecule is Cc1ccc(-c2ncc(I)cn2)cc1. The van der Waals surface area contributed by atoms with Gasteiger partial charge in [0, 0.05) is 21.5 Å². The predicted molar refractivity (Wildman–Crippen MR) is 64.9 cm³/mol. The fraction of sp³-hybridized carbons (Fsp3) is 0.0909. The average Bonchev–Trinajstić information content (AvgIpc) is 2.21. The van der Waals surface area contributed by atoms with Gasteiger partial charge in [0.2, 0.25) is 0 Å². The summed E-state index contributed by atoms with van der Waals surface area (Å²) in [7, 11) is 0. The monoisotopic (exact) mass is 296 g/mol. The minimum Gasteiger partial charge on any atom is -0.235 e. The normalized spacial score (nSPS) is 10.1. The predicted octanol–water partition coefficient (Wildman–Crippen LogP) is 3.06. The molecule has 0 radical (unpaired) electrons. The highest BCUT2D eigenvalue weighted by Gasteiger charge is 1.99. The molecule has 0 saturated heterocycles. The zero-order valence-corrected chi connectivity index (χ0v) is 9.89. The van der Waals surface area contributed by atoms with Gasteiger partial charge in [-0.2, -0.15) is 0 Å². The lowest BCUT2D eigenvalue weighted by Crippen LogP contribution is -1.88. The van der Waals surface area contributed by atoms with Crippen LogP contribution < -0.4 is 0 Å². The number of halogens is 1. The van der Waals surface area contributed by atoms with Gasteiger partial charge in [0.1, 0.15) is 0 Å². The summed E-state index contributed by atoms with van der Waals surface area (Å²) in [5.74, 6) is 0.783. The molecule has 0 saturated carbocycles. The molecule has 1 aromatic heterocycles. The Bertz CT molecular complexity index is 377.